The maximum absolute atomic E-state index is 11.6. The van der Waals surface area contributed by atoms with Crippen LogP contribution in [0.1, 0.15) is 26.7 Å². The van der Waals surface area contributed by atoms with Crippen molar-refractivity contribution in [1.82, 2.24) is 0 Å². The van der Waals surface area contributed by atoms with Gasteiger partial charge in [0, 0.05) is 11.5 Å². The quantitative estimate of drug-likeness (QED) is 0.442. The number of Topliss-reactive ketones (excluding diaryl/α,β-unsaturated/α-hetero) is 1. The van der Waals surface area contributed by atoms with E-state index in [1.807, 2.05) is 0 Å². The Morgan fingerprint density at radius 2 is 2.25 bits per heavy atom. The third-order valence-electron chi connectivity index (χ3n) is 3.73. The van der Waals surface area contributed by atoms with Crippen LogP contribution in [0, 0.1) is 17.3 Å². The summed E-state index contributed by atoms with van der Waals surface area (Å²) in [6, 6.07) is 0. The molecule has 0 aromatic rings. The third kappa shape index (κ3) is 0.728. The smallest absolute Gasteiger partial charge is 0.165 e. The van der Waals surface area contributed by atoms with Crippen molar-refractivity contribution in [1.29, 1.82) is 0 Å². The van der Waals surface area contributed by atoms with Crippen LogP contribution < -0.4 is 0 Å². The minimum absolute atomic E-state index is 0.171. The van der Waals surface area contributed by atoms with Gasteiger partial charge in [-0.1, -0.05) is 13.8 Å². The van der Waals surface area contributed by atoms with E-state index >= 15 is 0 Å². The molecule has 3 aliphatic carbocycles. The predicted octanol–water partition coefficient (Wildman–Crippen LogP) is 2.06. The fourth-order valence-corrected chi connectivity index (χ4v) is 2.51. The Kier molecular flexibility index (Phi) is 1.39. The number of aliphatic hydroxyl groups excluding tert-OH is 1. The van der Waals surface area contributed by atoms with Crippen LogP contribution in [0.3, 0.4) is 0 Å². The monoisotopic (exact) mass is 166 g/mol. The van der Waals surface area contributed by atoms with Crippen molar-refractivity contribution >= 4 is 5.78 Å². The van der Waals surface area contributed by atoms with E-state index in [1.165, 1.54) is 0 Å². The number of carbonyl (C=O) groups is 1. The summed E-state index contributed by atoms with van der Waals surface area (Å²) in [4.78, 5) is 11.6. The minimum atomic E-state index is 0.171. The molecule has 0 unspecified atom stereocenters. The Bertz CT molecular complexity index is 263. The molecular weight excluding hydrogens is 152 g/mol. The van der Waals surface area contributed by atoms with Crippen LogP contribution in [0.4, 0.5) is 0 Å². The first-order chi connectivity index (χ1) is 5.57. The number of fused-ring (bicyclic) bond motifs is 2. The molecule has 66 valence electrons. The molecule has 3 rings (SSSR count). The van der Waals surface area contributed by atoms with Gasteiger partial charge in [0.05, 0.1) is 6.26 Å². The van der Waals surface area contributed by atoms with E-state index in [0.29, 0.717) is 11.5 Å². The van der Waals surface area contributed by atoms with Crippen LogP contribution in [0.2, 0.25) is 0 Å². The van der Waals surface area contributed by atoms with E-state index in [1.54, 1.807) is 0 Å². The lowest BCUT2D eigenvalue weighted by atomic mass is 9.47. The van der Waals surface area contributed by atoms with Crippen molar-refractivity contribution in [3.05, 3.63) is 11.8 Å². The zero-order chi connectivity index (χ0) is 8.93. The van der Waals surface area contributed by atoms with Gasteiger partial charge in [-0.05, 0) is 24.2 Å². The molecule has 3 saturated carbocycles. The highest BCUT2D eigenvalue weighted by Gasteiger charge is 2.55. The summed E-state index contributed by atoms with van der Waals surface area (Å²) >= 11 is 0. The maximum atomic E-state index is 11.6. The lowest BCUT2D eigenvalue weighted by Gasteiger charge is -2.55. The van der Waals surface area contributed by atoms with Gasteiger partial charge in [0.1, 0.15) is 0 Å². The summed E-state index contributed by atoms with van der Waals surface area (Å²) in [5.74, 6) is 0.957. The van der Waals surface area contributed by atoms with Gasteiger partial charge in [0.25, 0.3) is 0 Å². The van der Waals surface area contributed by atoms with E-state index in [2.05, 4.69) is 13.8 Å². The second-order valence-electron chi connectivity index (χ2n) is 4.53. The zero-order valence-electron chi connectivity index (χ0n) is 7.50. The largest absolute Gasteiger partial charge is 0.515 e. The second-order valence-corrected chi connectivity index (χ2v) is 4.53. The fraction of sp³-hybridized carbons (Fsp3) is 0.700. The maximum Gasteiger partial charge on any atom is 0.165 e. The highest BCUT2D eigenvalue weighted by molar-refractivity contribution is 5.99. The van der Waals surface area contributed by atoms with Crippen molar-refractivity contribution in [2.75, 3.05) is 0 Å². The first-order valence-electron chi connectivity index (χ1n) is 4.45. The van der Waals surface area contributed by atoms with Gasteiger partial charge in [0.2, 0.25) is 0 Å². The van der Waals surface area contributed by atoms with Gasteiger partial charge in [-0.2, -0.15) is 0 Å². The summed E-state index contributed by atoms with van der Waals surface area (Å²) in [7, 11) is 0. The Balaban J connectivity index is 2.28. The van der Waals surface area contributed by atoms with Crippen LogP contribution in [-0.2, 0) is 4.79 Å². The third-order valence-corrected chi connectivity index (χ3v) is 3.73. The number of carbonyl (C=O) groups excluding carboxylic acids is 1. The Labute approximate surface area is 72.3 Å². The van der Waals surface area contributed by atoms with Gasteiger partial charge in [-0.15, -0.1) is 0 Å². The molecule has 0 aliphatic heterocycles. The molecule has 0 heterocycles. The second kappa shape index (κ2) is 2.12. The van der Waals surface area contributed by atoms with E-state index in [4.69, 9.17) is 5.11 Å². The summed E-state index contributed by atoms with van der Waals surface area (Å²) in [5.41, 5.74) is 0.819. The summed E-state index contributed by atoms with van der Waals surface area (Å²) < 4.78 is 0. The van der Waals surface area contributed by atoms with E-state index in [-0.39, 0.29) is 17.1 Å². The van der Waals surface area contributed by atoms with Crippen LogP contribution >= 0.6 is 0 Å². The molecule has 2 atom stereocenters. The molecule has 0 radical (unpaired) electrons. The van der Waals surface area contributed by atoms with Crippen molar-refractivity contribution in [2.24, 2.45) is 17.3 Å². The SMILES string of the molecule is CC1(C)[C@H]2C/C(=C\O)C(=O)[C@@H]1C2. The van der Waals surface area contributed by atoms with Crippen LogP contribution in [0.5, 0.6) is 0 Å². The van der Waals surface area contributed by atoms with Crippen molar-refractivity contribution < 1.29 is 9.90 Å². The highest BCUT2D eigenvalue weighted by atomic mass is 16.2. The molecule has 3 fully saturated rings. The van der Waals surface area contributed by atoms with Gasteiger partial charge < -0.3 is 5.11 Å². The average molecular weight is 166 g/mol. The topological polar surface area (TPSA) is 37.3 Å². The van der Waals surface area contributed by atoms with Crippen LogP contribution in [0.25, 0.3) is 0 Å². The van der Waals surface area contributed by atoms with Crippen molar-refractivity contribution in [2.45, 2.75) is 26.7 Å². The lowest BCUT2D eigenvalue weighted by Crippen LogP contribution is -2.53. The molecule has 0 saturated heterocycles. The van der Waals surface area contributed by atoms with Gasteiger partial charge in [0.15, 0.2) is 5.78 Å². The van der Waals surface area contributed by atoms with E-state index < -0.39 is 0 Å². The molecule has 2 nitrogen and oxygen atoms in total. The first kappa shape index (κ1) is 7.84. The van der Waals surface area contributed by atoms with Gasteiger partial charge in [-0.25, -0.2) is 0 Å². The number of aliphatic hydroxyl groups is 1. The Morgan fingerprint density at radius 3 is 2.67 bits per heavy atom. The van der Waals surface area contributed by atoms with Crippen molar-refractivity contribution in [3.8, 4) is 0 Å². The molecule has 3 aliphatic rings. The van der Waals surface area contributed by atoms with Crippen molar-refractivity contribution in [3.63, 3.8) is 0 Å². The molecule has 0 aromatic heterocycles. The number of hydrogen-bond acceptors (Lipinski definition) is 2. The van der Waals surface area contributed by atoms with E-state index in [9.17, 15) is 4.79 Å². The normalized spacial score (nSPS) is 41.2. The number of allylic oxidation sites excluding steroid dienone is 1. The number of rotatable bonds is 0. The minimum Gasteiger partial charge on any atom is -0.515 e. The number of ketones is 1. The average Bonchev–Trinajstić information content (AvgIpc) is 2.03. The van der Waals surface area contributed by atoms with Crippen LogP contribution in [0.15, 0.2) is 11.8 Å². The lowest BCUT2D eigenvalue weighted by molar-refractivity contribution is -0.141. The zero-order valence-corrected chi connectivity index (χ0v) is 7.50. The molecule has 12 heavy (non-hydrogen) atoms. The number of hydrogen-bond donors (Lipinski definition) is 1. The molecule has 1 N–H and O–H groups in total. The Morgan fingerprint density at radius 1 is 1.58 bits per heavy atom. The standard InChI is InChI=1S/C10H14O2/c1-10(2)7-3-6(5-11)9(12)8(10)4-7/h5,7-8,11H,3-4H2,1-2H3/b6-5+/t7-,8-/m0/s1. The summed E-state index contributed by atoms with van der Waals surface area (Å²) in [6.45, 7) is 4.30. The molecule has 2 bridgehead atoms. The Hall–Kier alpha value is -0.790. The molecule has 0 aromatic carbocycles. The highest BCUT2D eigenvalue weighted by Crippen LogP contribution is 2.58. The molecular formula is C10H14O2. The molecule has 0 spiro atoms. The van der Waals surface area contributed by atoms with Crippen LogP contribution in [-0.4, -0.2) is 10.9 Å². The predicted molar refractivity (Wildman–Crippen MR) is 45.7 cm³/mol. The fourth-order valence-electron chi connectivity index (χ4n) is 2.51. The summed E-state index contributed by atoms with van der Waals surface area (Å²) in [6.07, 6.45) is 2.80. The molecule has 0 amide bonds. The molecule has 2 heteroatoms. The summed E-state index contributed by atoms with van der Waals surface area (Å²) in [5, 5.41) is 8.79. The van der Waals surface area contributed by atoms with Gasteiger partial charge >= 0.3 is 0 Å². The van der Waals surface area contributed by atoms with E-state index in [0.717, 1.165) is 19.1 Å². The van der Waals surface area contributed by atoms with Gasteiger partial charge in [-0.3, -0.25) is 4.79 Å². The first-order valence-corrected chi connectivity index (χ1v) is 4.45.